The molecular formula is C24H20N2O3. The summed E-state index contributed by atoms with van der Waals surface area (Å²) < 4.78 is 8.11. The number of aryl methyl sites for hydroxylation is 1. The molecule has 144 valence electrons. The van der Waals surface area contributed by atoms with E-state index < -0.39 is 5.97 Å². The summed E-state index contributed by atoms with van der Waals surface area (Å²) in [6.45, 7) is 2.44. The average Bonchev–Trinajstić information content (AvgIpc) is 3.14. The summed E-state index contributed by atoms with van der Waals surface area (Å²) in [7, 11) is 0. The van der Waals surface area contributed by atoms with E-state index in [1.807, 2.05) is 78.2 Å². The number of aromatic nitrogens is 2. The number of carboxylic acid groups (broad SMARTS) is 1. The van der Waals surface area contributed by atoms with E-state index in [0.29, 0.717) is 12.3 Å². The van der Waals surface area contributed by atoms with Gasteiger partial charge in [0.1, 0.15) is 12.4 Å². The molecule has 29 heavy (non-hydrogen) atoms. The van der Waals surface area contributed by atoms with E-state index >= 15 is 0 Å². The summed E-state index contributed by atoms with van der Waals surface area (Å²) in [4.78, 5) is 15.5. The van der Waals surface area contributed by atoms with E-state index in [-0.39, 0.29) is 5.56 Å². The molecule has 5 heteroatoms. The fourth-order valence-electron chi connectivity index (χ4n) is 3.30. The van der Waals surface area contributed by atoms with Gasteiger partial charge in [-0.2, -0.15) is 0 Å². The number of pyridine rings is 1. The number of aromatic carboxylic acids is 1. The number of ether oxygens (including phenoxy) is 1. The summed E-state index contributed by atoms with van der Waals surface area (Å²) in [6, 6.07) is 23.5. The van der Waals surface area contributed by atoms with E-state index in [0.717, 1.165) is 28.3 Å². The van der Waals surface area contributed by atoms with E-state index in [1.165, 1.54) is 6.20 Å². The Kier molecular flexibility index (Phi) is 5.12. The highest BCUT2D eigenvalue weighted by Crippen LogP contribution is 2.33. The van der Waals surface area contributed by atoms with Gasteiger partial charge in [-0.3, -0.25) is 4.98 Å². The monoisotopic (exact) mass is 384 g/mol. The summed E-state index contributed by atoms with van der Waals surface area (Å²) in [5.41, 5.74) is 4.75. The number of hydrogen-bond donors (Lipinski definition) is 1. The summed E-state index contributed by atoms with van der Waals surface area (Å²) in [6.07, 6.45) is 3.01. The number of rotatable bonds is 6. The Morgan fingerprint density at radius 1 is 1.00 bits per heavy atom. The second-order valence-corrected chi connectivity index (χ2v) is 6.70. The zero-order valence-electron chi connectivity index (χ0n) is 15.9. The first kappa shape index (κ1) is 18.5. The molecule has 0 radical (unpaired) electrons. The molecule has 0 atom stereocenters. The van der Waals surface area contributed by atoms with Gasteiger partial charge in [0.15, 0.2) is 0 Å². The van der Waals surface area contributed by atoms with Crippen molar-refractivity contribution < 1.29 is 14.6 Å². The van der Waals surface area contributed by atoms with Crippen molar-refractivity contribution in [3.63, 3.8) is 0 Å². The Hall–Kier alpha value is -3.86. The van der Waals surface area contributed by atoms with E-state index in [1.54, 1.807) is 12.3 Å². The molecule has 0 spiro atoms. The molecule has 0 fully saturated rings. The van der Waals surface area contributed by atoms with Crippen LogP contribution in [0.4, 0.5) is 0 Å². The normalized spacial score (nSPS) is 10.7. The minimum atomic E-state index is -1.00. The van der Waals surface area contributed by atoms with Crippen LogP contribution in [0.5, 0.6) is 5.75 Å². The molecule has 5 nitrogen and oxygen atoms in total. The van der Waals surface area contributed by atoms with Crippen LogP contribution in [-0.4, -0.2) is 20.6 Å². The minimum absolute atomic E-state index is 0.148. The average molecular weight is 384 g/mol. The number of hydrogen-bond acceptors (Lipinski definition) is 3. The molecule has 0 saturated carbocycles. The smallest absolute Gasteiger partial charge is 0.337 e. The van der Waals surface area contributed by atoms with Gasteiger partial charge in [0.25, 0.3) is 0 Å². The van der Waals surface area contributed by atoms with Gasteiger partial charge in [-0.05, 0) is 42.8 Å². The first-order chi connectivity index (χ1) is 14.1. The molecule has 0 aliphatic rings. The van der Waals surface area contributed by atoms with Crippen LogP contribution in [-0.2, 0) is 6.61 Å². The summed E-state index contributed by atoms with van der Waals surface area (Å²) in [5, 5.41) is 9.32. The standard InChI is InChI=1S/C24H20N2O3/c1-17-11-12-22(26(17)20-13-19(24(27)28)14-25-15-20)21-9-5-6-10-23(21)29-16-18-7-3-2-4-8-18/h2-15H,16H2,1H3,(H,27,28). The lowest BCUT2D eigenvalue weighted by molar-refractivity contribution is 0.0696. The van der Waals surface area contributed by atoms with Crippen LogP contribution in [0.1, 0.15) is 21.6 Å². The fourth-order valence-corrected chi connectivity index (χ4v) is 3.30. The largest absolute Gasteiger partial charge is 0.488 e. The Labute approximate surface area is 168 Å². The van der Waals surface area contributed by atoms with Crippen LogP contribution >= 0.6 is 0 Å². The molecule has 2 aromatic carbocycles. The van der Waals surface area contributed by atoms with Crippen molar-refractivity contribution in [3.05, 3.63) is 102 Å². The predicted octanol–water partition coefficient (Wildman–Crippen LogP) is 5.12. The van der Waals surface area contributed by atoms with Gasteiger partial charge in [0.2, 0.25) is 0 Å². The van der Waals surface area contributed by atoms with Gasteiger partial charge in [0.05, 0.1) is 23.1 Å². The van der Waals surface area contributed by atoms with Gasteiger partial charge in [-0.15, -0.1) is 0 Å². The molecule has 0 saturated heterocycles. The number of para-hydroxylation sites is 1. The third kappa shape index (κ3) is 3.89. The van der Waals surface area contributed by atoms with Crippen molar-refractivity contribution >= 4 is 5.97 Å². The molecule has 0 unspecified atom stereocenters. The molecule has 0 amide bonds. The lowest BCUT2D eigenvalue weighted by Crippen LogP contribution is -2.04. The van der Waals surface area contributed by atoms with Gasteiger partial charge < -0.3 is 14.4 Å². The molecular weight excluding hydrogens is 364 g/mol. The topological polar surface area (TPSA) is 64.4 Å². The maximum absolute atomic E-state index is 11.4. The molecule has 1 N–H and O–H groups in total. The van der Waals surface area contributed by atoms with Gasteiger partial charge in [-0.1, -0.05) is 42.5 Å². The SMILES string of the molecule is Cc1ccc(-c2ccccc2OCc2ccccc2)n1-c1cncc(C(=O)O)c1. The van der Waals surface area contributed by atoms with Gasteiger partial charge in [0, 0.05) is 17.5 Å². The number of carboxylic acids is 1. The van der Waals surface area contributed by atoms with Crippen LogP contribution in [0.2, 0.25) is 0 Å². The highest BCUT2D eigenvalue weighted by molar-refractivity contribution is 5.88. The van der Waals surface area contributed by atoms with Crippen LogP contribution < -0.4 is 4.74 Å². The Bertz CT molecular complexity index is 1150. The molecule has 2 aromatic heterocycles. The molecule has 0 bridgehead atoms. The zero-order valence-corrected chi connectivity index (χ0v) is 15.9. The fraction of sp³-hybridized carbons (Fsp3) is 0.0833. The first-order valence-corrected chi connectivity index (χ1v) is 9.26. The van der Waals surface area contributed by atoms with Crippen molar-refractivity contribution in [3.8, 4) is 22.7 Å². The third-order valence-corrected chi connectivity index (χ3v) is 4.71. The Morgan fingerprint density at radius 2 is 1.76 bits per heavy atom. The van der Waals surface area contributed by atoms with Crippen molar-refractivity contribution in [1.29, 1.82) is 0 Å². The van der Waals surface area contributed by atoms with Crippen molar-refractivity contribution in [1.82, 2.24) is 9.55 Å². The van der Waals surface area contributed by atoms with Crippen molar-refractivity contribution in [2.45, 2.75) is 13.5 Å². The predicted molar refractivity (Wildman–Crippen MR) is 111 cm³/mol. The van der Waals surface area contributed by atoms with Crippen molar-refractivity contribution in [2.75, 3.05) is 0 Å². The van der Waals surface area contributed by atoms with Crippen LogP contribution in [0.25, 0.3) is 16.9 Å². The van der Waals surface area contributed by atoms with Crippen molar-refractivity contribution in [2.24, 2.45) is 0 Å². The Morgan fingerprint density at radius 3 is 2.55 bits per heavy atom. The molecule has 4 aromatic rings. The maximum Gasteiger partial charge on any atom is 0.337 e. The lowest BCUT2D eigenvalue weighted by atomic mass is 10.1. The van der Waals surface area contributed by atoms with Crippen LogP contribution in [0, 0.1) is 6.92 Å². The van der Waals surface area contributed by atoms with Crippen LogP contribution in [0.3, 0.4) is 0 Å². The van der Waals surface area contributed by atoms with E-state index in [9.17, 15) is 9.90 Å². The van der Waals surface area contributed by atoms with Crippen LogP contribution in [0.15, 0.2) is 85.2 Å². The molecule has 0 aliphatic heterocycles. The van der Waals surface area contributed by atoms with E-state index in [4.69, 9.17) is 4.74 Å². The molecule has 0 aliphatic carbocycles. The second-order valence-electron chi connectivity index (χ2n) is 6.70. The maximum atomic E-state index is 11.4. The number of carbonyl (C=O) groups is 1. The molecule has 4 rings (SSSR count). The number of benzene rings is 2. The summed E-state index contributed by atoms with van der Waals surface area (Å²) >= 11 is 0. The van der Waals surface area contributed by atoms with E-state index in [2.05, 4.69) is 4.98 Å². The summed E-state index contributed by atoms with van der Waals surface area (Å²) in [5.74, 6) is -0.240. The number of nitrogens with zero attached hydrogens (tertiary/aromatic N) is 2. The molecule has 2 heterocycles. The second kappa shape index (κ2) is 8.02. The van der Waals surface area contributed by atoms with Gasteiger partial charge in [-0.25, -0.2) is 4.79 Å². The van der Waals surface area contributed by atoms with Gasteiger partial charge >= 0.3 is 5.97 Å². The minimum Gasteiger partial charge on any atom is -0.488 e. The third-order valence-electron chi connectivity index (χ3n) is 4.71. The highest BCUT2D eigenvalue weighted by atomic mass is 16.5. The zero-order chi connectivity index (χ0) is 20.2. The lowest BCUT2D eigenvalue weighted by Gasteiger charge is -2.16. The quantitative estimate of drug-likeness (QED) is 0.501. The Balaban J connectivity index is 1.74. The first-order valence-electron chi connectivity index (χ1n) is 9.26. The highest BCUT2D eigenvalue weighted by Gasteiger charge is 2.15.